The van der Waals surface area contributed by atoms with Crippen molar-refractivity contribution < 1.29 is 95.2 Å². The highest BCUT2D eigenvalue weighted by Crippen LogP contribution is 2.36. The summed E-state index contributed by atoms with van der Waals surface area (Å²) in [4.78, 5) is 99.6. The van der Waals surface area contributed by atoms with E-state index in [4.69, 9.17) is 56.8 Å². The van der Waals surface area contributed by atoms with E-state index in [9.17, 15) is 38.4 Å². The first-order valence-corrected chi connectivity index (χ1v) is 17.9. The van der Waals surface area contributed by atoms with Gasteiger partial charge in [0.15, 0.2) is 54.1 Å². The van der Waals surface area contributed by atoms with Crippen molar-refractivity contribution in [3.63, 3.8) is 0 Å². The van der Waals surface area contributed by atoms with Crippen LogP contribution < -0.4 is 9.47 Å². The molecule has 1 aromatic rings. The second-order valence-corrected chi connectivity index (χ2v) is 13.0. The molecule has 2 heterocycles. The van der Waals surface area contributed by atoms with Crippen molar-refractivity contribution in [2.45, 2.75) is 116 Å². The van der Waals surface area contributed by atoms with Crippen LogP contribution in [0.5, 0.6) is 11.5 Å². The van der Waals surface area contributed by atoms with Crippen LogP contribution in [0.25, 0.3) is 6.08 Å². The second-order valence-electron chi connectivity index (χ2n) is 13.0. The molecule has 2 aliphatic heterocycles. The Morgan fingerprint density at radius 3 is 1.47 bits per heavy atom. The van der Waals surface area contributed by atoms with Gasteiger partial charge in [-0.15, -0.1) is 0 Å². The van der Waals surface area contributed by atoms with E-state index < -0.39 is 128 Å². The molecule has 2 fully saturated rings. The molecule has 0 saturated carbocycles. The Bertz CT molecular complexity index is 1700. The maximum Gasteiger partial charge on any atom is 0.303 e. The van der Waals surface area contributed by atoms with Crippen molar-refractivity contribution in [1.29, 1.82) is 0 Å². The van der Waals surface area contributed by atoms with Crippen LogP contribution in [0.3, 0.4) is 0 Å². The van der Waals surface area contributed by atoms with E-state index in [0.29, 0.717) is 17.1 Å². The fourth-order valence-corrected chi connectivity index (χ4v) is 6.18. The molecule has 58 heavy (non-hydrogen) atoms. The number of carbonyl (C=O) groups is 8. The Hall–Kier alpha value is -5.60. The minimum absolute atomic E-state index is 0.405. The van der Waals surface area contributed by atoms with Crippen molar-refractivity contribution in [2.24, 2.45) is 0 Å². The zero-order chi connectivity index (χ0) is 43.3. The molecule has 20 heteroatoms. The molecule has 320 valence electrons. The van der Waals surface area contributed by atoms with Gasteiger partial charge in [-0.05, 0) is 23.8 Å². The van der Waals surface area contributed by atoms with Crippen LogP contribution in [0.2, 0.25) is 0 Å². The highest BCUT2D eigenvalue weighted by molar-refractivity contribution is 5.94. The van der Waals surface area contributed by atoms with E-state index >= 15 is 0 Å². The smallest absolute Gasteiger partial charge is 0.303 e. The van der Waals surface area contributed by atoms with Gasteiger partial charge in [-0.2, -0.15) is 0 Å². The number of ketones is 1. The van der Waals surface area contributed by atoms with Gasteiger partial charge in [0.25, 0.3) is 0 Å². The summed E-state index contributed by atoms with van der Waals surface area (Å²) in [7, 11) is 2.92. The number of rotatable bonds is 17. The lowest BCUT2D eigenvalue weighted by atomic mass is 9.91. The summed E-state index contributed by atoms with van der Waals surface area (Å²) in [6, 6.07) is 4.94. The Balaban J connectivity index is 2.12. The zero-order valence-electron chi connectivity index (χ0n) is 33.4. The first-order chi connectivity index (χ1) is 27.3. The maximum absolute atomic E-state index is 13.4. The van der Waals surface area contributed by atoms with E-state index in [-0.39, 0.29) is 0 Å². The number of ether oxygens (including phenoxy) is 12. The topological polar surface area (TPSA) is 247 Å². The van der Waals surface area contributed by atoms with Crippen molar-refractivity contribution >= 4 is 53.6 Å². The summed E-state index contributed by atoms with van der Waals surface area (Å²) < 4.78 is 67.3. The van der Waals surface area contributed by atoms with Crippen molar-refractivity contribution in [1.82, 2.24) is 0 Å². The fraction of sp³-hybridized carbons (Fsp3) is 0.579. The number of carbonyl (C=O) groups excluding carboxylic acids is 8. The number of allylic oxidation sites excluding steroid dienone is 1. The second kappa shape index (κ2) is 21.8. The van der Waals surface area contributed by atoms with Gasteiger partial charge in [-0.1, -0.05) is 12.1 Å². The molecule has 20 nitrogen and oxygen atoms in total. The maximum atomic E-state index is 13.4. The van der Waals surface area contributed by atoms with Crippen molar-refractivity contribution in [3.8, 4) is 11.5 Å². The predicted molar refractivity (Wildman–Crippen MR) is 191 cm³/mol. The van der Waals surface area contributed by atoms with Crippen LogP contribution >= 0.6 is 0 Å². The van der Waals surface area contributed by atoms with Gasteiger partial charge >= 0.3 is 41.8 Å². The lowest BCUT2D eigenvalue weighted by Crippen LogP contribution is -2.67. The first kappa shape index (κ1) is 46.8. The van der Waals surface area contributed by atoms with Crippen LogP contribution in [0.15, 0.2) is 24.3 Å². The molecule has 2 saturated heterocycles. The molecule has 0 spiro atoms. The highest BCUT2D eigenvalue weighted by atomic mass is 16.8. The minimum Gasteiger partial charge on any atom is -0.493 e. The number of hydrogen-bond acceptors (Lipinski definition) is 20. The Kier molecular flexibility index (Phi) is 17.6. The number of hydrogen-bond donors (Lipinski definition) is 0. The fourth-order valence-electron chi connectivity index (χ4n) is 6.18. The molecule has 0 bridgehead atoms. The van der Waals surface area contributed by atoms with Crippen LogP contribution in [-0.2, 0) is 85.7 Å². The molecule has 1 aromatic carbocycles. The quantitative estimate of drug-likeness (QED) is 0.122. The molecule has 0 unspecified atom stereocenters. The summed E-state index contributed by atoms with van der Waals surface area (Å²) in [6.07, 6.45) is -13.6. The summed E-state index contributed by atoms with van der Waals surface area (Å²) in [6.45, 7) is 6.18. The van der Waals surface area contributed by atoms with Gasteiger partial charge in [-0.25, -0.2) is 0 Å². The van der Waals surface area contributed by atoms with Gasteiger partial charge in [-0.3, -0.25) is 38.4 Å². The molecule has 2 aliphatic rings. The van der Waals surface area contributed by atoms with Gasteiger partial charge in [0.2, 0.25) is 0 Å². The summed E-state index contributed by atoms with van der Waals surface area (Å²) in [5.74, 6) is -5.74. The Morgan fingerprint density at radius 1 is 0.534 bits per heavy atom. The lowest BCUT2D eigenvalue weighted by Gasteiger charge is -2.48. The van der Waals surface area contributed by atoms with Crippen LogP contribution in [0.1, 0.15) is 60.5 Å². The van der Waals surface area contributed by atoms with Gasteiger partial charge in [0.05, 0.1) is 14.2 Å². The van der Waals surface area contributed by atoms with Gasteiger partial charge < -0.3 is 56.8 Å². The van der Waals surface area contributed by atoms with E-state index in [0.717, 1.165) is 48.5 Å². The molecule has 0 aromatic heterocycles. The van der Waals surface area contributed by atoms with Crippen LogP contribution in [0, 0.1) is 0 Å². The summed E-state index contributed by atoms with van der Waals surface area (Å²) in [5, 5.41) is 0. The highest BCUT2D eigenvalue weighted by Gasteiger charge is 2.57. The van der Waals surface area contributed by atoms with Crippen LogP contribution in [-0.4, -0.2) is 136 Å². The van der Waals surface area contributed by atoms with Crippen LogP contribution in [0.4, 0.5) is 0 Å². The molecular formula is C38H48O20. The molecule has 0 radical (unpaired) electrons. The first-order valence-electron chi connectivity index (χ1n) is 17.9. The Labute approximate surface area is 333 Å². The van der Waals surface area contributed by atoms with Crippen molar-refractivity contribution in [2.75, 3.05) is 27.4 Å². The van der Waals surface area contributed by atoms with E-state index in [1.165, 1.54) is 26.4 Å². The molecule has 0 aliphatic carbocycles. The normalized spacial score (nSPS) is 26.6. The average molecular weight is 825 g/mol. The SMILES string of the molecule is COc1ccc(/C=C/C(=O)C[C@@H]2O[C@H](COC(C)=O)[C@@H](O[C@@H]3O[C@H](COC(C)=O)[C@@H](OC(C)=O)[C@H](OC(C)=O)[C@H]3OC(C)=O)[C@H](OC(C)=O)[C@H]2OC(C)=O)cc1OC. The van der Waals surface area contributed by atoms with E-state index in [2.05, 4.69) is 0 Å². The van der Waals surface area contributed by atoms with Gasteiger partial charge in [0.1, 0.15) is 37.6 Å². The lowest BCUT2D eigenvalue weighted by molar-refractivity contribution is -0.344. The van der Waals surface area contributed by atoms with Crippen molar-refractivity contribution in [3.05, 3.63) is 29.8 Å². The zero-order valence-corrected chi connectivity index (χ0v) is 33.4. The average Bonchev–Trinajstić information content (AvgIpc) is 3.12. The van der Waals surface area contributed by atoms with Gasteiger partial charge in [0, 0.05) is 54.9 Å². The monoisotopic (exact) mass is 824 g/mol. The third kappa shape index (κ3) is 13.8. The molecule has 0 amide bonds. The molecule has 0 N–H and O–H groups in total. The molecule has 3 rings (SSSR count). The minimum atomic E-state index is -1.84. The third-order valence-corrected chi connectivity index (χ3v) is 8.30. The number of methoxy groups -OCH3 is 2. The molecule has 10 atom stereocenters. The standard InChI is InChI=1S/C38H48O20/c1-18(39)49-16-30-34(58-38-37(55-24(7)45)36(54-23(6)44)33(52-21(4)42)31(57-38)17-50-19(2)40)35(53-22(5)43)32(51-20(3)41)29(56-30)15-26(46)12-10-25-11-13-27(47-8)28(14-25)48-9/h10-14,29-38H,15-17H2,1-9H3/b12-10+/t29-,30+,31+,32-,33+,34+,35+,36-,37+,38-/m0/s1. The Morgan fingerprint density at radius 2 is 0.983 bits per heavy atom. The largest absolute Gasteiger partial charge is 0.493 e. The molecular weight excluding hydrogens is 776 g/mol. The third-order valence-electron chi connectivity index (χ3n) is 8.30. The summed E-state index contributed by atoms with van der Waals surface area (Å²) in [5.41, 5.74) is 0.566. The summed E-state index contributed by atoms with van der Waals surface area (Å²) >= 11 is 0. The predicted octanol–water partition coefficient (Wildman–Crippen LogP) is 1.34. The van der Waals surface area contributed by atoms with E-state index in [1.54, 1.807) is 18.2 Å². The number of esters is 7. The van der Waals surface area contributed by atoms with E-state index in [1.807, 2.05) is 0 Å². The number of benzene rings is 1.